The van der Waals surface area contributed by atoms with E-state index in [1.807, 2.05) is 0 Å². The summed E-state index contributed by atoms with van der Waals surface area (Å²) in [7, 11) is 1.52. The van der Waals surface area contributed by atoms with Crippen LogP contribution >= 0.6 is 11.6 Å². The SMILES string of the molecule is COc1ccccc1OCC(C(=O)O)c1ccc(Cl)o1. The second-order valence-corrected chi connectivity index (χ2v) is 4.37. The molecule has 0 bridgehead atoms. The number of carboxylic acids is 1. The molecule has 0 aliphatic carbocycles. The number of hydrogen-bond donors (Lipinski definition) is 1. The number of carbonyl (C=O) groups is 1. The van der Waals surface area contributed by atoms with Crippen LogP contribution in [0.4, 0.5) is 0 Å². The Kier molecular flexibility index (Phi) is 4.53. The van der Waals surface area contributed by atoms with Crippen molar-refractivity contribution in [3.63, 3.8) is 0 Å². The summed E-state index contributed by atoms with van der Waals surface area (Å²) in [5.74, 6) is -0.733. The number of hydrogen-bond acceptors (Lipinski definition) is 4. The highest BCUT2D eigenvalue weighted by Crippen LogP contribution is 2.28. The van der Waals surface area contributed by atoms with Crippen molar-refractivity contribution in [1.29, 1.82) is 0 Å². The molecule has 0 saturated heterocycles. The van der Waals surface area contributed by atoms with Crippen LogP contribution in [-0.2, 0) is 4.79 Å². The minimum Gasteiger partial charge on any atom is -0.493 e. The molecule has 0 aliphatic rings. The molecule has 1 unspecified atom stereocenters. The van der Waals surface area contributed by atoms with E-state index in [0.29, 0.717) is 11.5 Å². The molecule has 20 heavy (non-hydrogen) atoms. The Morgan fingerprint density at radius 1 is 1.30 bits per heavy atom. The van der Waals surface area contributed by atoms with Gasteiger partial charge in [0.05, 0.1) is 7.11 Å². The third-order valence-electron chi connectivity index (χ3n) is 2.71. The van der Waals surface area contributed by atoms with E-state index in [4.69, 9.17) is 25.5 Å². The standard InChI is InChI=1S/C14H13ClO5/c1-18-11-4-2-3-5-12(11)19-8-9(14(16)17)10-6-7-13(15)20-10/h2-7,9H,8H2,1H3,(H,16,17). The van der Waals surface area contributed by atoms with Gasteiger partial charge in [-0.25, -0.2) is 0 Å². The summed E-state index contributed by atoms with van der Waals surface area (Å²) >= 11 is 5.65. The van der Waals surface area contributed by atoms with E-state index in [1.54, 1.807) is 24.3 Å². The van der Waals surface area contributed by atoms with Crippen LogP contribution in [0.2, 0.25) is 5.22 Å². The van der Waals surface area contributed by atoms with Gasteiger partial charge < -0.3 is 19.0 Å². The highest BCUT2D eigenvalue weighted by molar-refractivity contribution is 6.28. The number of benzene rings is 1. The number of aliphatic carboxylic acids is 1. The normalized spacial score (nSPS) is 11.9. The van der Waals surface area contributed by atoms with E-state index in [2.05, 4.69) is 0 Å². The number of rotatable bonds is 6. The Morgan fingerprint density at radius 2 is 2.00 bits per heavy atom. The summed E-state index contributed by atoms with van der Waals surface area (Å²) in [5.41, 5.74) is 0. The number of para-hydroxylation sites is 2. The van der Waals surface area contributed by atoms with Crippen molar-refractivity contribution >= 4 is 17.6 Å². The summed E-state index contributed by atoms with van der Waals surface area (Å²) in [5, 5.41) is 9.37. The van der Waals surface area contributed by atoms with E-state index in [1.165, 1.54) is 19.2 Å². The van der Waals surface area contributed by atoms with Gasteiger partial charge in [0.2, 0.25) is 0 Å². The van der Waals surface area contributed by atoms with E-state index in [9.17, 15) is 9.90 Å². The fraction of sp³-hybridized carbons (Fsp3) is 0.214. The van der Waals surface area contributed by atoms with Gasteiger partial charge in [0, 0.05) is 0 Å². The van der Waals surface area contributed by atoms with Crippen molar-refractivity contribution in [1.82, 2.24) is 0 Å². The van der Waals surface area contributed by atoms with Crippen LogP contribution in [0, 0.1) is 0 Å². The lowest BCUT2D eigenvalue weighted by atomic mass is 10.1. The first-order valence-electron chi connectivity index (χ1n) is 5.85. The third kappa shape index (κ3) is 3.24. The average molecular weight is 297 g/mol. The summed E-state index contributed by atoms with van der Waals surface area (Å²) in [6, 6.07) is 10.0. The minimum atomic E-state index is -1.05. The Bertz CT molecular complexity index is 593. The Morgan fingerprint density at radius 3 is 2.55 bits per heavy atom. The van der Waals surface area contributed by atoms with Gasteiger partial charge in [-0.3, -0.25) is 4.79 Å². The Labute approximate surface area is 120 Å². The van der Waals surface area contributed by atoms with Crippen molar-refractivity contribution in [2.75, 3.05) is 13.7 Å². The fourth-order valence-electron chi connectivity index (χ4n) is 1.70. The zero-order chi connectivity index (χ0) is 14.5. The molecule has 5 nitrogen and oxygen atoms in total. The van der Waals surface area contributed by atoms with Crippen LogP contribution in [0.3, 0.4) is 0 Å². The molecular formula is C14H13ClO5. The maximum absolute atomic E-state index is 11.3. The summed E-state index contributed by atoms with van der Waals surface area (Å²) < 4.78 is 15.8. The van der Waals surface area contributed by atoms with Crippen molar-refractivity contribution in [2.24, 2.45) is 0 Å². The van der Waals surface area contributed by atoms with Crippen LogP contribution in [0.25, 0.3) is 0 Å². The smallest absolute Gasteiger partial charge is 0.317 e. The monoisotopic (exact) mass is 296 g/mol. The number of halogens is 1. The molecule has 0 aliphatic heterocycles. The molecule has 2 rings (SSSR count). The van der Waals surface area contributed by atoms with Gasteiger partial charge in [0.25, 0.3) is 0 Å². The minimum absolute atomic E-state index is 0.0838. The lowest BCUT2D eigenvalue weighted by Crippen LogP contribution is -2.19. The molecule has 0 fully saturated rings. The summed E-state index contributed by atoms with van der Waals surface area (Å²) in [6.45, 7) is -0.0838. The van der Waals surface area contributed by atoms with Gasteiger partial charge in [-0.2, -0.15) is 0 Å². The molecule has 0 spiro atoms. The fourth-order valence-corrected chi connectivity index (χ4v) is 1.85. The van der Waals surface area contributed by atoms with Gasteiger partial charge >= 0.3 is 5.97 Å². The van der Waals surface area contributed by atoms with Gasteiger partial charge in [-0.1, -0.05) is 12.1 Å². The van der Waals surface area contributed by atoms with Gasteiger partial charge in [-0.15, -0.1) is 0 Å². The van der Waals surface area contributed by atoms with Crippen molar-refractivity contribution < 1.29 is 23.8 Å². The second-order valence-electron chi connectivity index (χ2n) is 3.99. The zero-order valence-electron chi connectivity index (χ0n) is 10.7. The maximum Gasteiger partial charge on any atom is 0.317 e. The molecule has 1 atom stereocenters. The van der Waals surface area contributed by atoms with Crippen LogP contribution in [0.5, 0.6) is 11.5 Å². The lowest BCUT2D eigenvalue weighted by Gasteiger charge is -2.13. The number of ether oxygens (including phenoxy) is 2. The lowest BCUT2D eigenvalue weighted by molar-refractivity contribution is -0.140. The highest BCUT2D eigenvalue weighted by atomic mass is 35.5. The van der Waals surface area contributed by atoms with Gasteiger partial charge in [-0.05, 0) is 35.9 Å². The molecular weight excluding hydrogens is 284 g/mol. The van der Waals surface area contributed by atoms with Crippen molar-refractivity contribution in [3.05, 3.63) is 47.4 Å². The zero-order valence-corrected chi connectivity index (χ0v) is 11.5. The van der Waals surface area contributed by atoms with Crippen LogP contribution in [0.1, 0.15) is 11.7 Å². The first-order chi connectivity index (χ1) is 9.61. The highest BCUT2D eigenvalue weighted by Gasteiger charge is 2.25. The molecule has 2 aromatic rings. The van der Waals surface area contributed by atoms with Crippen molar-refractivity contribution in [2.45, 2.75) is 5.92 Å². The molecule has 0 amide bonds. The average Bonchev–Trinajstić information content (AvgIpc) is 2.85. The molecule has 1 aromatic heterocycles. The molecule has 0 radical (unpaired) electrons. The van der Waals surface area contributed by atoms with Gasteiger partial charge in [0.15, 0.2) is 16.7 Å². The Balaban J connectivity index is 2.12. The molecule has 0 saturated carbocycles. The predicted octanol–water partition coefficient (Wildman–Crippen LogP) is 3.19. The molecule has 106 valence electrons. The van der Waals surface area contributed by atoms with E-state index in [-0.39, 0.29) is 17.6 Å². The van der Waals surface area contributed by atoms with Crippen LogP contribution < -0.4 is 9.47 Å². The van der Waals surface area contributed by atoms with E-state index >= 15 is 0 Å². The number of carboxylic acid groups (broad SMARTS) is 1. The van der Waals surface area contributed by atoms with Crippen LogP contribution in [0.15, 0.2) is 40.8 Å². The second kappa shape index (κ2) is 6.34. The number of furan rings is 1. The summed E-state index contributed by atoms with van der Waals surface area (Å²) in [4.78, 5) is 11.3. The Hall–Kier alpha value is -2.14. The number of methoxy groups -OCH3 is 1. The molecule has 6 heteroatoms. The largest absolute Gasteiger partial charge is 0.493 e. The van der Waals surface area contributed by atoms with Crippen LogP contribution in [-0.4, -0.2) is 24.8 Å². The van der Waals surface area contributed by atoms with E-state index < -0.39 is 11.9 Å². The first kappa shape index (κ1) is 14.3. The summed E-state index contributed by atoms with van der Waals surface area (Å²) in [6.07, 6.45) is 0. The first-order valence-corrected chi connectivity index (χ1v) is 6.23. The predicted molar refractivity (Wildman–Crippen MR) is 72.6 cm³/mol. The molecule has 1 heterocycles. The molecule has 1 aromatic carbocycles. The van der Waals surface area contributed by atoms with Gasteiger partial charge in [0.1, 0.15) is 18.3 Å². The van der Waals surface area contributed by atoms with E-state index in [0.717, 1.165) is 0 Å². The maximum atomic E-state index is 11.3. The third-order valence-corrected chi connectivity index (χ3v) is 2.91. The van der Waals surface area contributed by atoms with Crippen molar-refractivity contribution in [3.8, 4) is 11.5 Å². The topological polar surface area (TPSA) is 68.9 Å². The molecule has 1 N–H and O–H groups in total. The quantitative estimate of drug-likeness (QED) is 0.886.